The largest absolute Gasteiger partial charge is 0.486 e. The maximum atomic E-state index is 11.2. The monoisotopic (exact) mass is 338 g/mol. The van der Waals surface area contributed by atoms with Gasteiger partial charge in [0.2, 0.25) is 0 Å². The Morgan fingerprint density at radius 1 is 1.45 bits per heavy atom. The molecule has 6 heteroatoms. The number of aromatic nitrogens is 2. The van der Waals surface area contributed by atoms with E-state index in [1.165, 1.54) is 6.07 Å². The molecule has 0 fully saturated rings. The van der Waals surface area contributed by atoms with Crippen LogP contribution < -0.4 is 4.74 Å². The van der Waals surface area contributed by atoms with E-state index in [4.69, 9.17) is 9.84 Å². The number of benzene rings is 1. The van der Waals surface area contributed by atoms with Gasteiger partial charge in [0.1, 0.15) is 17.9 Å². The van der Waals surface area contributed by atoms with Crippen molar-refractivity contribution in [2.24, 2.45) is 0 Å². The van der Waals surface area contributed by atoms with E-state index < -0.39 is 5.97 Å². The number of carboxylic acids is 1. The third kappa shape index (κ3) is 3.39. The lowest BCUT2D eigenvalue weighted by Gasteiger charge is -2.08. The number of aromatic carboxylic acids is 1. The van der Waals surface area contributed by atoms with Crippen molar-refractivity contribution in [1.82, 2.24) is 9.78 Å². The Labute approximate surface area is 125 Å². The van der Waals surface area contributed by atoms with Crippen LogP contribution in [0.15, 0.2) is 34.9 Å². The molecule has 0 aliphatic carbocycles. The van der Waals surface area contributed by atoms with Crippen molar-refractivity contribution in [3.63, 3.8) is 0 Å². The second-order valence-electron chi connectivity index (χ2n) is 4.62. The Hall–Kier alpha value is -1.82. The van der Waals surface area contributed by atoms with Gasteiger partial charge < -0.3 is 9.84 Å². The zero-order valence-corrected chi connectivity index (χ0v) is 12.8. The van der Waals surface area contributed by atoms with Gasteiger partial charge in [-0.05, 0) is 38.1 Å². The standard InChI is InChI=1S/C14H15BrN2O3/c1-9(2)17-6-5-11(16-17)8-20-13-4-3-10(15)7-12(13)14(18)19/h3-7,9H,8H2,1-2H3,(H,18,19). The smallest absolute Gasteiger partial charge is 0.339 e. The third-order valence-corrected chi connectivity index (χ3v) is 3.23. The quantitative estimate of drug-likeness (QED) is 0.905. The molecule has 1 N–H and O–H groups in total. The van der Waals surface area contributed by atoms with E-state index in [0.717, 1.165) is 5.69 Å². The minimum atomic E-state index is -1.02. The van der Waals surface area contributed by atoms with Crippen molar-refractivity contribution in [3.05, 3.63) is 46.2 Å². The van der Waals surface area contributed by atoms with E-state index in [1.54, 1.807) is 12.1 Å². The first-order valence-corrected chi connectivity index (χ1v) is 6.96. The Kier molecular flexibility index (Phi) is 4.44. The highest BCUT2D eigenvalue weighted by molar-refractivity contribution is 9.10. The molecule has 0 saturated heterocycles. The first kappa shape index (κ1) is 14.6. The van der Waals surface area contributed by atoms with Crippen LogP contribution in [0, 0.1) is 0 Å². The number of nitrogens with zero attached hydrogens (tertiary/aromatic N) is 2. The van der Waals surface area contributed by atoms with E-state index in [9.17, 15) is 4.79 Å². The summed E-state index contributed by atoms with van der Waals surface area (Å²) in [6.07, 6.45) is 1.88. The maximum Gasteiger partial charge on any atom is 0.339 e. The molecule has 0 atom stereocenters. The Balaban J connectivity index is 2.12. The van der Waals surface area contributed by atoms with Gasteiger partial charge in [-0.3, -0.25) is 4.68 Å². The van der Waals surface area contributed by atoms with Crippen LogP contribution >= 0.6 is 15.9 Å². The molecule has 0 spiro atoms. The fourth-order valence-electron chi connectivity index (χ4n) is 1.69. The van der Waals surface area contributed by atoms with Gasteiger partial charge in [0, 0.05) is 16.7 Å². The van der Waals surface area contributed by atoms with Crippen molar-refractivity contribution in [2.75, 3.05) is 0 Å². The minimum absolute atomic E-state index is 0.127. The van der Waals surface area contributed by atoms with Gasteiger partial charge in [-0.2, -0.15) is 5.10 Å². The highest BCUT2D eigenvalue weighted by Crippen LogP contribution is 2.24. The van der Waals surface area contributed by atoms with E-state index in [1.807, 2.05) is 30.8 Å². The molecule has 2 aromatic rings. The average molecular weight is 339 g/mol. The molecule has 1 aromatic heterocycles. The van der Waals surface area contributed by atoms with E-state index in [-0.39, 0.29) is 18.2 Å². The Morgan fingerprint density at radius 2 is 2.20 bits per heavy atom. The fraction of sp³-hybridized carbons (Fsp3) is 0.286. The SMILES string of the molecule is CC(C)n1ccc(COc2ccc(Br)cc2C(=O)O)n1. The molecule has 0 aliphatic heterocycles. The van der Waals surface area contributed by atoms with Crippen molar-refractivity contribution in [1.29, 1.82) is 0 Å². The molecular formula is C14H15BrN2O3. The highest BCUT2D eigenvalue weighted by atomic mass is 79.9. The molecule has 0 bridgehead atoms. The summed E-state index contributed by atoms with van der Waals surface area (Å²) in [6.45, 7) is 4.31. The molecule has 106 valence electrons. The van der Waals surface area contributed by atoms with Crippen LogP contribution in [0.2, 0.25) is 0 Å². The van der Waals surface area contributed by atoms with Crippen molar-refractivity contribution in [3.8, 4) is 5.75 Å². The summed E-state index contributed by atoms with van der Waals surface area (Å²) in [5.74, 6) is -0.686. The van der Waals surface area contributed by atoms with Crippen molar-refractivity contribution < 1.29 is 14.6 Å². The van der Waals surface area contributed by atoms with Gasteiger partial charge in [0.25, 0.3) is 0 Å². The van der Waals surface area contributed by atoms with Crippen LogP contribution in [0.1, 0.15) is 35.9 Å². The number of hydrogen-bond donors (Lipinski definition) is 1. The zero-order chi connectivity index (χ0) is 14.7. The predicted octanol–water partition coefficient (Wildman–Crippen LogP) is 3.50. The number of rotatable bonds is 5. The number of carbonyl (C=O) groups is 1. The predicted molar refractivity (Wildman–Crippen MR) is 78.0 cm³/mol. The second kappa shape index (κ2) is 6.09. The first-order valence-electron chi connectivity index (χ1n) is 6.17. The molecule has 5 nitrogen and oxygen atoms in total. The summed E-state index contributed by atoms with van der Waals surface area (Å²) >= 11 is 3.25. The summed E-state index contributed by atoms with van der Waals surface area (Å²) in [5, 5.41) is 13.5. The molecule has 20 heavy (non-hydrogen) atoms. The van der Waals surface area contributed by atoms with E-state index in [2.05, 4.69) is 21.0 Å². The first-order chi connectivity index (χ1) is 9.47. The van der Waals surface area contributed by atoms with Gasteiger partial charge in [-0.1, -0.05) is 15.9 Å². The summed E-state index contributed by atoms with van der Waals surface area (Å²) in [5.41, 5.74) is 0.889. The molecule has 0 amide bonds. The lowest BCUT2D eigenvalue weighted by Crippen LogP contribution is -2.05. The van der Waals surface area contributed by atoms with Crippen LogP contribution in [0.25, 0.3) is 0 Å². The molecule has 0 radical (unpaired) electrons. The number of halogens is 1. The topological polar surface area (TPSA) is 64.3 Å². The summed E-state index contributed by atoms with van der Waals surface area (Å²) in [7, 11) is 0. The van der Waals surface area contributed by atoms with Gasteiger partial charge in [-0.15, -0.1) is 0 Å². The van der Waals surface area contributed by atoms with E-state index in [0.29, 0.717) is 10.2 Å². The lowest BCUT2D eigenvalue weighted by atomic mass is 10.2. The second-order valence-corrected chi connectivity index (χ2v) is 5.53. The fourth-order valence-corrected chi connectivity index (χ4v) is 2.05. The van der Waals surface area contributed by atoms with Crippen LogP contribution in [-0.2, 0) is 6.61 Å². The van der Waals surface area contributed by atoms with Crippen LogP contribution in [0.5, 0.6) is 5.75 Å². The van der Waals surface area contributed by atoms with Gasteiger partial charge in [0.05, 0.1) is 5.69 Å². The average Bonchev–Trinajstić information content (AvgIpc) is 2.86. The maximum absolute atomic E-state index is 11.2. The Morgan fingerprint density at radius 3 is 2.80 bits per heavy atom. The minimum Gasteiger partial charge on any atom is -0.486 e. The molecule has 0 unspecified atom stereocenters. The molecular weight excluding hydrogens is 324 g/mol. The van der Waals surface area contributed by atoms with E-state index >= 15 is 0 Å². The summed E-state index contributed by atoms with van der Waals surface area (Å²) < 4.78 is 8.09. The summed E-state index contributed by atoms with van der Waals surface area (Å²) in [6, 6.07) is 7.04. The van der Waals surface area contributed by atoms with Crippen LogP contribution in [0.4, 0.5) is 0 Å². The molecule has 2 rings (SSSR count). The number of carboxylic acid groups (broad SMARTS) is 1. The van der Waals surface area contributed by atoms with Gasteiger partial charge in [-0.25, -0.2) is 4.79 Å². The van der Waals surface area contributed by atoms with Crippen molar-refractivity contribution >= 4 is 21.9 Å². The molecule has 0 saturated carbocycles. The molecule has 0 aliphatic rings. The van der Waals surface area contributed by atoms with Gasteiger partial charge in [0.15, 0.2) is 0 Å². The summed E-state index contributed by atoms with van der Waals surface area (Å²) in [4.78, 5) is 11.2. The zero-order valence-electron chi connectivity index (χ0n) is 11.2. The molecule has 1 heterocycles. The number of ether oxygens (including phenoxy) is 1. The lowest BCUT2D eigenvalue weighted by molar-refractivity contribution is 0.0691. The van der Waals surface area contributed by atoms with Crippen molar-refractivity contribution in [2.45, 2.75) is 26.5 Å². The Bertz CT molecular complexity index is 623. The molecule has 1 aromatic carbocycles. The third-order valence-electron chi connectivity index (χ3n) is 2.74. The highest BCUT2D eigenvalue weighted by Gasteiger charge is 2.12. The number of hydrogen-bond acceptors (Lipinski definition) is 3. The normalized spacial score (nSPS) is 10.8. The van der Waals surface area contributed by atoms with Crippen LogP contribution in [-0.4, -0.2) is 20.9 Å². The van der Waals surface area contributed by atoms with Gasteiger partial charge >= 0.3 is 5.97 Å². The van der Waals surface area contributed by atoms with Crippen LogP contribution in [0.3, 0.4) is 0 Å².